The Bertz CT molecular complexity index is 163. The first-order valence-electron chi connectivity index (χ1n) is 5.61. The highest BCUT2D eigenvalue weighted by Gasteiger charge is 2.32. The van der Waals surface area contributed by atoms with Gasteiger partial charge < -0.3 is 14.7 Å². The number of nitrogens with zero attached hydrogens (tertiary/aromatic N) is 1. The van der Waals surface area contributed by atoms with Crippen LogP contribution in [0, 0.1) is 0 Å². The molecule has 0 radical (unpaired) electrons. The quantitative estimate of drug-likeness (QED) is 0.743. The van der Waals surface area contributed by atoms with Crippen LogP contribution in [0.3, 0.4) is 0 Å². The van der Waals surface area contributed by atoms with Gasteiger partial charge in [0.05, 0.1) is 12.2 Å². The molecule has 0 aromatic carbocycles. The Morgan fingerprint density at radius 3 is 2.36 bits per heavy atom. The summed E-state index contributed by atoms with van der Waals surface area (Å²) in [6.45, 7) is 9.53. The molecule has 1 fully saturated rings. The summed E-state index contributed by atoms with van der Waals surface area (Å²) in [6, 6.07) is 0.589. The van der Waals surface area contributed by atoms with E-state index in [0.717, 1.165) is 25.9 Å². The van der Waals surface area contributed by atoms with Crippen molar-refractivity contribution in [3.05, 3.63) is 0 Å². The molecule has 14 heavy (non-hydrogen) atoms. The van der Waals surface area contributed by atoms with E-state index in [9.17, 15) is 5.11 Å². The molecule has 1 aliphatic rings. The summed E-state index contributed by atoms with van der Waals surface area (Å²) in [5.74, 6) is 0. The molecule has 1 saturated heterocycles. The molecular formula is C11H23NO2. The molecule has 0 unspecified atom stereocenters. The molecule has 1 aliphatic heterocycles. The Balaban J connectivity index is 2.33. The van der Waals surface area contributed by atoms with Crippen LogP contribution in [0.15, 0.2) is 0 Å². The van der Waals surface area contributed by atoms with E-state index >= 15 is 0 Å². The Kier molecular flexibility index (Phi) is 4.35. The van der Waals surface area contributed by atoms with Gasteiger partial charge in [0.15, 0.2) is 0 Å². The van der Waals surface area contributed by atoms with E-state index in [-0.39, 0.29) is 0 Å². The number of likely N-dealkylation sites (tertiary alicyclic amines) is 1. The first-order chi connectivity index (χ1) is 6.57. The van der Waals surface area contributed by atoms with Gasteiger partial charge in [-0.1, -0.05) is 0 Å². The molecule has 0 bridgehead atoms. The lowest BCUT2D eigenvalue weighted by molar-refractivity contribution is -0.0828. The standard InChI is InChI=1S/C11H23NO2/c1-4-14-9-11(13)5-7-12(8-6-11)10(2)3/h10,13H,4-9H2,1-3H3. The Labute approximate surface area is 87.1 Å². The largest absolute Gasteiger partial charge is 0.387 e. The number of aliphatic hydroxyl groups is 1. The molecule has 0 aromatic rings. The number of rotatable bonds is 4. The smallest absolute Gasteiger partial charge is 0.0904 e. The van der Waals surface area contributed by atoms with Gasteiger partial charge in [-0.2, -0.15) is 0 Å². The lowest BCUT2D eigenvalue weighted by atomic mass is 9.92. The maximum Gasteiger partial charge on any atom is 0.0904 e. The van der Waals surface area contributed by atoms with E-state index in [1.54, 1.807) is 0 Å². The number of hydrogen-bond donors (Lipinski definition) is 1. The lowest BCUT2D eigenvalue weighted by Gasteiger charge is -2.39. The molecule has 1 N–H and O–H groups in total. The van der Waals surface area contributed by atoms with Crippen molar-refractivity contribution >= 4 is 0 Å². The van der Waals surface area contributed by atoms with Crippen molar-refractivity contribution in [2.24, 2.45) is 0 Å². The van der Waals surface area contributed by atoms with Gasteiger partial charge in [-0.05, 0) is 33.6 Å². The van der Waals surface area contributed by atoms with Crippen molar-refractivity contribution in [3.8, 4) is 0 Å². The van der Waals surface area contributed by atoms with Crippen LogP contribution in [0.5, 0.6) is 0 Å². The van der Waals surface area contributed by atoms with Crippen LogP contribution >= 0.6 is 0 Å². The average Bonchev–Trinajstić information content (AvgIpc) is 2.16. The van der Waals surface area contributed by atoms with Gasteiger partial charge in [0.25, 0.3) is 0 Å². The van der Waals surface area contributed by atoms with Crippen molar-refractivity contribution in [2.45, 2.75) is 45.3 Å². The fraction of sp³-hybridized carbons (Fsp3) is 1.00. The predicted molar refractivity (Wildman–Crippen MR) is 57.4 cm³/mol. The van der Waals surface area contributed by atoms with Gasteiger partial charge in [0, 0.05) is 25.7 Å². The Morgan fingerprint density at radius 2 is 1.93 bits per heavy atom. The fourth-order valence-electron chi connectivity index (χ4n) is 1.89. The molecule has 3 heteroatoms. The average molecular weight is 201 g/mol. The zero-order valence-corrected chi connectivity index (χ0v) is 9.62. The topological polar surface area (TPSA) is 32.7 Å². The van der Waals surface area contributed by atoms with Crippen LogP contribution in [0.4, 0.5) is 0 Å². The minimum absolute atomic E-state index is 0.495. The van der Waals surface area contributed by atoms with Crippen molar-refractivity contribution < 1.29 is 9.84 Å². The van der Waals surface area contributed by atoms with Crippen LogP contribution in [0.2, 0.25) is 0 Å². The van der Waals surface area contributed by atoms with E-state index < -0.39 is 5.60 Å². The summed E-state index contributed by atoms with van der Waals surface area (Å²) in [6.07, 6.45) is 1.68. The zero-order chi connectivity index (χ0) is 10.6. The fourth-order valence-corrected chi connectivity index (χ4v) is 1.89. The van der Waals surface area contributed by atoms with Gasteiger partial charge in [0.1, 0.15) is 0 Å². The molecule has 3 nitrogen and oxygen atoms in total. The third-order valence-electron chi connectivity index (χ3n) is 3.03. The molecule has 1 heterocycles. The SMILES string of the molecule is CCOCC1(O)CCN(C(C)C)CC1. The van der Waals surface area contributed by atoms with Crippen molar-refractivity contribution in [1.82, 2.24) is 4.90 Å². The summed E-state index contributed by atoms with van der Waals surface area (Å²) in [5, 5.41) is 10.2. The molecule has 84 valence electrons. The molecule has 0 aromatic heterocycles. The van der Waals surface area contributed by atoms with Gasteiger partial charge in [-0.25, -0.2) is 0 Å². The van der Waals surface area contributed by atoms with E-state index in [1.165, 1.54) is 0 Å². The highest BCUT2D eigenvalue weighted by molar-refractivity contribution is 4.86. The molecule has 0 amide bonds. The first kappa shape index (κ1) is 12.0. The lowest BCUT2D eigenvalue weighted by Crippen LogP contribution is -2.49. The second-order valence-corrected chi connectivity index (χ2v) is 4.49. The number of piperidine rings is 1. The van der Waals surface area contributed by atoms with Gasteiger partial charge in [0.2, 0.25) is 0 Å². The minimum Gasteiger partial charge on any atom is -0.387 e. The predicted octanol–water partition coefficient (Wildman–Crippen LogP) is 1.26. The second-order valence-electron chi connectivity index (χ2n) is 4.49. The van der Waals surface area contributed by atoms with E-state index in [2.05, 4.69) is 18.7 Å². The zero-order valence-electron chi connectivity index (χ0n) is 9.62. The maximum absolute atomic E-state index is 10.2. The monoisotopic (exact) mass is 201 g/mol. The summed E-state index contributed by atoms with van der Waals surface area (Å²) < 4.78 is 5.30. The second kappa shape index (κ2) is 5.10. The molecule has 0 spiro atoms. The normalized spacial score (nSPS) is 22.9. The third-order valence-corrected chi connectivity index (χ3v) is 3.03. The highest BCUT2D eigenvalue weighted by atomic mass is 16.5. The van der Waals surface area contributed by atoms with Crippen LogP contribution in [0.25, 0.3) is 0 Å². The van der Waals surface area contributed by atoms with Crippen LogP contribution in [-0.4, -0.2) is 48.0 Å². The van der Waals surface area contributed by atoms with Gasteiger partial charge >= 0.3 is 0 Å². The Morgan fingerprint density at radius 1 is 1.36 bits per heavy atom. The molecule has 0 atom stereocenters. The van der Waals surface area contributed by atoms with Crippen molar-refractivity contribution in [2.75, 3.05) is 26.3 Å². The van der Waals surface area contributed by atoms with E-state index in [4.69, 9.17) is 4.74 Å². The van der Waals surface area contributed by atoms with Crippen LogP contribution in [0.1, 0.15) is 33.6 Å². The summed E-state index contributed by atoms with van der Waals surface area (Å²) in [4.78, 5) is 2.40. The first-order valence-corrected chi connectivity index (χ1v) is 5.61. The minimum atomic E-state index is -0.568. The van der Waals surface area contributed by atoms with Crippen molar-refractivity contribution in [3.63, 3.8) is 0 Å². The van der Waals surface area contributed by atoms with E-state index in [1.807, 2.05) is 6.92 Å². The molecule has 0 aliphatic carbocycles. The van der Waals surface area contributed by atoms with Crippen LogP contribution in [-0.2, 0) is 4.74 Å². The maximum atomic E-state index is 10.2. The number of hydrogen-bond acceptors (Lipinski definition) is 3. The van der Waals surface area contributed by atoms with Crippen LogP contribution < -0.4 is 0 Å². The Hall–Kier alpha value is -0.120. The van der Waals surface area contributed by atoms with Gasteiger partial charge in [-0.3, -0.25) is 0 Å². The van der Waals surface area contributed by atoms with Crippen molar-refractivity contribution in [1.29, 1.82) is 0 Å². The third kappa shape index (κ3) is 3.23. The summed E-state index contributed by atoms with van der Waals surface area (Å²) >= 11 is 0. The van der Waals surface area contributed by atoms with Gasteiger partial charge in [-0.15, -0.1) is 0 Å². The summed E-state index contributed by atoms with van der Waals surface area (Å²) in [7, 11) is 0. The highest BCUT2D eigenvalue weighted by Crippen LogP contribution is 2.23. The molecule has 1 rings (SSSR count). The summed E-state index contributed by atoms with van der Waals surface area (Å²) in [5.41, 5.74) is -0.568. The van der Waals surface area contributed by atoms with E-state index in [0.29, 0.717) is 19.3 Å². The molecular weight excluding hydrogens is 178 g/mol. The molecule has 0 saturated carbocycles. The number of ether oxygens (including phenoxy) is 1.